The first-order chi connectivity index (χ1) is 19.0. The van der Waals surface area contributed by atoms with Gasteiger partial charge in [-0.1, -0.05) is 69.4 Å². The molecule has 1 unspecified atom stereocenters. The zero-order valence-corrected chi connectivity index (χ0v) is 24.6. The Balaban J connectivity index is 1.67. The molecule has 5 rings (SSSR count). The van der Waals surface area contributed by atoms with Crippen LogP contribution in [0.4, 0.5) is 5.13 Å². The zero-order chi connectivity index (χ0) is 28.8. The zero-order valence-electron chi connectivity index (χ0n) is 23.7. The minimum absolute atomic E-state index is 0.0443. The molecule has 1 aliphatic heterocycles. The first kappa shape index (κ1) is 27.6. The predicted molar refractivity (Wildman–Crippen MR) is 161 cm³/mol. The van der Waals surface area contributed by atoms with Gasteiger partial charge in [0.15, 0.2) is 5.13 Å². The molecule has 1 saturated heterocycles. The molecule has 1 fully saturated rings. The predicted octanol–water partition coefficient (Wildman–Crippen LogP) is 7.63. The Hall–Kier alpha value is -3.97. The van der Waals surface area contributed by atoms with Crippen molar-refractivity contribution >= 4 is 44.1 Å². The van der Waals surface area contributed by atoms with Crippen LogP contribution >= 0.6 is 11.3 Å². The van der Waals surface area contributed by atoms with Gasteiger partial charge >= 0.3 is 5.91 Å². The Bertz CT molecular complexity index is 1630. The van der Waals surface area contributed by atoms with Crippen LogP contribution in [-0.2, 0) is 15.0 Å². The second-order valence-electron chi connectivity index (χ2n) is 11.3. The third kappa shape index (κ3) is 5.02. The van der Waals surface area contributed by atoms with Crippen LogP contribution in [0.1, 0.15) is 68.0 Å². The van der Waals surface area contributed by atoms with E-state index in [1.807, 2.05) is 51.1 Å². The minimum Gasteiger partial charge on any atom is -0.507 e. The number of carbonyl (C=O) groups is 2. The van der Waals surface area contributed by atoms with Gasteiger partial charge in [0.25, 0.3) is 5.78 Å². The number of benzene rings is 3. The molecule has 1 amide bonds. The van der Waals surface area contributed by atoms with Crippen LogP contribution in [0, 0.1) is 13.8 Å². The number of hydrogen-bond acceptors (Lipinski definition) is 6. The number of fused-ring (bicyclic) bond motifs is 1. The fraction of sp³-hybridized carbons (Fsp3) is 0.303. The number of thiazole rings is 1. The lowest BCUT2D eigenvalue weighted by Crippen LogP contribution is -2.29. The number of rotatable bonds is 6. The van der Waals surface area contributed by atoms with Crippen molar-refractivity contribution in [3.8, 4) is 5.75 Å². The quantitative estimate of drug-likeness (QED) is 0.151. The minimum atomic E-state index is -0.827. The maximum absolute atomic E-state index is 13.6. The summed E-state index contributed by atoms with van der Waals surface area (Å²) in [6, 6.07) is 18.1. The second kappa shape index (κ2) is 10.5. The first-order valence-corrected chi connectivity index (χ1v) is 14.3. The molecule has 0 saturated carbocycles. The number of aliphatic hydroxyl groups excluding tert-OH is 1. The number of amides is 1. The van der Waals surface area contributed by atoms with Crippen LogP contribution in [0.25, 0.3) is 16.0 Å². The van der Waals surface area contributed by atoms with Gasteiger partial charge in [-0.3, -0.25) is 14.5 Å². The maximum atomic E-state index is 13.6. The number of hydrogen-bond donors (Lipinski definition) is 1. The highest BCUT2D eigenvalue weighted by atomic mass is 32.1. The molecule has 2 heterocycles. The van der Waals surface area contributed by atoms with E-state index in [0.29, 0.717) is 23.1 Å². The lowest BCUT2D eigenvalue weighted by Gasteiger charge is -2.24. The maximum Gasteiger partial charge on any atom is 0.301 e. The first-order valence-electron chi connectivity index (χ1n) is 13.5. The molecule has 3 aromatic carbocycles. The van der Waals surface area contributed by atoms with Crippen molar-refractivity contribution < 1.29 is 19.4 Å². The summed E-state index contributed by atoms with van der Waals surface area (Å²) in [7, 11) is 0. The van der Waals surface area contributed by atoms with Crippen LogP contribution in [0.2, 0.25) is 0 Å². The van der Waals surface area contributed by atoms with Gasteiger partial charge in [-0.05, 0) is 78.3 Å². The van der Waals surface area contributed by atoms with Crippen molar-refractivity contribution in [3.05, 3.63) is 94.1 Å². The van der Waals surface area contributed by atoms with Crippen molar-refractivity contribution in [2.45, 2.75) is 59.4 Å². The Morgan fingerprint density at radius 1 is 1.02 bits per heavy atom. The molecular formula is C33H34N2O4S. The van der Waals surface area contributed by atoms with E-state index in [1.165, 1.54) is 16.2 Å². The van der Waals surface area contributed by atoms with Crippen molar-refractivity contribution in [3.63, 3.8) is 0 Å². The highest BCUT2D eigenvalue weighted by Gasteiger charge is 2.48. The van der Waals surface area contributed by atoms with Crippen molar-refractivity contribution in [2.75, 3.05) is 11.5 Å². The lowest BCUT2D eigenvalue weighted by molar-refractivity contribution is -0.132. The lowest BCUT2D eigenvalue weighted by atomic mass is 9.85. The van der Waals surface area contributed by atoms with E-state index in [-0.39, 0.29) is 16.7 Å². The van der Waals surface area contributed by atoms with Crippen LogP contribution in [0.3, 0.4) is 0 Å². The van der Waals surface area contributed by atoms with Crippen LogP contribution < -0.4 is 9.64 Å². The summed E-state index contributed by atoms with van der Waals surface area (Å²) in [6.45, 7) is 13.0. The summed E-state index contributed by atoms with van der Waals surface area (Å²) in [5.41, 5.74) is 5.18. The largest absolute Gasteiger partial charge is 0.507 e. The summed E-state index contributed by atoms with van der Waals surface area (Å²) >= 11 is 1.37. The number of nitrogens with zero attached hydrogens (tertiary/aromatic N) is 2. The van der Waals surface area contributed by atoms with Crippen molar-refractivity contribution in [2.24, 2.45) is 0 Å². The Morgan fingerprint density at radius 2 is 1.70 bits per heavy atom. The van der Waals surface area contributed by atoms with Gasteiger partial charge < -0.3 is 9.84 Å². The number of aliphatic hydroxyl groups is 1. The van der Waals surface area contributed by atoms with E-state index in [1.54, 1.807) is 24.3 Å². The van der Waals surface area contributed by atoms with E-state index >= 15 is 0 Å². The van der Waals surface area contributed by atoms with Gasteiger partial charge in [-0.2, -0.15) is 0 Å². The normalized spacial score (nSPS) is 17.1. The molecule has 40 heavy (non-hydrogen) atoms. The molecule has 0 bridgehead atoms. The summed E-state index contributed by atoms with van der Waals surface area (Å²) in [5.74, 6) is -0.988. The van der Waals surface area contributed by atoms with E-state index in [9.17, 15) is 14.7 Å². The topological polar surface area (TPSA) is 79.7 Å². The van der Waals surface area contributed by atoms with Gasteiger partial charge in [-0.25, -0.2) is 4.98 Å². The number of ketones is 1. The fourth-order valence-electron chi connectivity index (χ4n) is 5.06. The van der Waals surface area contributed by atoms with Gasteiger partial charge in [0, 0.05) is 5.56 Å². The Kier molecular flexibility index (Phi) is 7.27. The molecular weight excluding hydrogens is 520 g/mol. The van der Waals surface area contributed by atoms with Gasteiger partial charge in [-0.15, -0.1) is 0 Å². The molecule has 0 spiro atoms. The third-order valence-corrected chi connectivity index (χ3v) is 8.16. The molecule has 4 aromatic rings. The van der Waals surface area contributed by atoms with E-state index < -0.39 is 17.7 Å². The number of Topliss-reactive ketones (excluding diaryl/α,β-unsaturated/α-hetero) is 1. The molecule has 1 atom stereocenters. The van der Waals surface area contributed by atoms with Crippen molar-refractivity contribution in [1.29, 1.82) is 0 Å². The SMILES string of the molecule is CCCOc1ccc(/C(O)=C2\C(=O)C(=O)N(c3nc4c(C)cc(C)cc4s3)C2c2ccc(C(C)(C)C)cc2)cc1. The van der Waals surface area contributed by atoms with Crippen LogP contribution in [-0.4, -0.2) is 28.4 Å². The van der Waals surface area contributed by atoms with Gasteiger partial charge in [0.1, 0.15) is 11.5 Å². The summed E-state index contributed by atoms with van der Waals surface area (Å²) in [5, 5.41) is 11.9. The third-order valence-electron chi connectivity index (χ3n) is 7.16. The second-order valence-corrected chi connectivity index (χ2v) is 12.3. The average Bonchev–Trinajstić information content (AvgIpc) is 3.45. The van der Waals surface area contributed by atoms with Crippen LogP contribution in [0.5, 0.6) is 5.75 Å². The molecule has 0 radical (unpaired) electrons. The standard InChI is InChI=1S/C33H34N2O4S/c1-7-16-39-24-14-10-22(11-15-24)29(36)26-28(21-8-12-23(13-9-21)33(4,5)6)35(31(38)30(26)37)32-34-27-20(3)17-19(2)18-25(27)40-32/h8-15,17-18,28,36H,7,16H2,1-6H3/b29-26+. The molecule has 6 nitrogen and oxygen atoms in total. The molecule has 1 N–H and O–H groups in total. The fourth-order valence-corrected chi connectivity index (χ4v) is 6.23. The highest BCUT2D eigenvalue weighted by molar-refractivity contribution is 7.22. The molecule has 1 aliphatic rings. The molecule has 206 valence electrons. The monoisotopic (exact) mass is 554 g/mol. The number of aryl methyl sites for hydroxylation is 2. The molecule has 7 heteroatoms. The summed E-state index contributed by atoms with van der Waals surface area (Å²) in [4.78, 5) is 33.5. The smallest absolute Gasteiger partial charge is 0.301 e. The number of carbonyl (C=O) groups excluding carboxylic acids is 2. The van der Waals surface area contributed by atoms with Crippen LogP contribution in [0.15, 0.2) is 66.2 Å². The number of ether oxygens (including phenoxy) is 1. The van der Waals surface area contributed by atoms with E-state index in [2.05, 4.69) is 26.8 Å². The average molecular weight is 555 g/mol. The number of aromatic nitrogens is 1. The van der Waals surface area contributed by atoms with Crippen molar-refractivity contribution in [1.82, 2.24) is 4.98 Å². The molecule has 1 aromatic heterocycles. The number of anilines is 1. The summed E-state index contributed by atoms with van der Waals surface area (Å²) in [6.07, 6.45) is 0.879. The Morgan fingerprint density at radius 3 is 2.33 bits per heavy atom. The van der Waals surface area contributed by atoms with Gasteiger partial charge in [0.2, 0.25) is 0 Å². The molecule has 0 aliphatic carbocycles. The summed E-state index contributed by atoms with van der Waals surface area (Å²) < 4.78 is 6.61. The van der Waals surface area contributed by atoms with Gasteiger partial charge in [0.05, 0.1) is 28.4 Å². The van der Waals surface area contributed by atoms with E-state index in [4.69, 9.17) is 9.72 Å². The van der Waals surface area contributed by atoms with E-state index in [0.717, 1.165) is 38.9 Å². The highest BCUT2D eigenvalue weighted by Crippen LogP contribution is 2.45. The Labute approximate surface area is 238 Å².